The van der Waals surface area contributed by atoms with Gasteiger partial charge in [0.05, 0.1) is 26.4 Å². The summed E-state index contributed by atoms with van der Waals surface area (Å²) in [6, 6.07) is 0. The molecule has 0 spiro atoms. The summed E-state index contributed by atoms with van der Waals surface area (Å²) in [5, 5.41) is 10.6. The maximum Gasteiger partial charge on any atom is 0.472 e. The van der Waals surface area contributed by atoms with E-state index in [-0.39, 0.29) is 25.7 Å². The van der Waals surface area contributed by atoms with Gasteiger partial charge < -0.3 is 33.8 Å². The third kappa shape index (κ3) is 62.8. The molecule has 0 aliphatic heterocycles. The molecule has 0 bridgehead atoms. The van der Waals surface area contributed by atoms with Crippen molar-refractivity contribution in [3.63, 3.8) is 0 Å². The quantitative estimate of drug-likeness (QED) is 0.0222. The van der Waals surface area contributed by atoms with Crippen molar-refractivity contribution in [3.05, 3.63) is 0 Å². The Labute approximate surface area is 537 Å². The van der Waals surface area contributed by atoms with Crippen molar-refractivity contribution in [3.8, 4) is 0 Å². The number of carbonyl (C=O) groups excluding carboxylic acids is 4. The molecule has 0 saturated heterocycles. The van der Waals surface area contributed by atoms with Crippen LogP contribution < -0.4 is 0 Å². The summed E-state index contributed by atoms with van der Waals surface area (Å²) in [7, 11) is -9.89. The number of rotatable bonds is 67. The van der Waals surface area contributed by atoms with Crippen LogP contribution in [0.4, 0.5) is 0 Å². The molecule has 522 valence electrons. The predicted octanol–water partition coefficient (Wildman–Crippen LogP) is 19.5. The second-order valence-electron chi connectivity index (χ2n) is 26.3. The van der Waals surface area contributed by atoms with Crippen molar-refractivity contribution < 1.29 is 80.2 Å². The Morgan fingerprint density at radius 3 is 0.773 bits per heavy atom. The number of hydrogen-bond acceptors (Lipinski definition) is 15. The van der Waals surface area contributed by atoms with Crippen LogP contribution in [0.5, 0.6) is 0 Å². The van der Waals surface area contributed by atoms with Crippen LogP contribution in [0.15, 0.2) is 0 Å². The highest BCUT2D eigenvalue weighted by molar-refractivity contribution is 7.47. The Balaban J connectivity index is 5.17. The molecule has 0 amide bonds. The molecule has 3 N–H and O–H groups in total. The minimum atomic E-state index is -4.95. The lowest BCUT2D eigenvalue weighted by Crippen LogP contribution is -2.30. The summed E-state index contributed by atoms with van der Waals surface area (Å²) < 4.78 is 68.1. The second kappa shape index (κ2) is 60.0. The van der Waals surface area contributed by atoms with Crippen LogP contribution >= 0.6 is 15.6 Å². The Hall–Kier alpha value is -1.94. The van der Waals surface area contributed by atoms with E-state index in [1.54, 1.807) is 0 Å². The standard InChI is InChI=1S/C69H134O17P2/c1-8-9-10-11-26-36-43-50-66(71)79-56-65(86-69(74)53-46-39-32-31-35-42-49-62(6)7)59-84-88(77,78)82-55-63(70)54-81-87(75,76)83-58-64(57-80-67(72)51-44-37-29-24-21-20-23-28-34-41-48-61(4)5)85-68(73)52-45-38-30-25-19-17-15-13-12-14-16-18-22-27-33-40-47-60(2)3/h60-65,70H,8-59H2,1-7H3,(H,75,76)(H,77,78)/t63-,64-,65-/m1/s1. The number of aliphatic hydroxyl groups is 1. The van der Waals surface area contributed by atoms with Crippen LogP contribution in [0.25, 0.3) is 0 Å². The first kappa shape index (κ1) is 86.1. The summed E-state index contributed by atoms with van der Waals surface area (Å²) in [6.45, 7) is 11.7. The average molecular weight is 1300 g/mol. The Bertz CT molecular complexity index is 1730. The molecule has 0 fully saturated rings. The molecule has 5 atom stereocenters. The number of carbonyl (C=O) groups is 4. The molecule has 19 heteroatoms. The largest absolute Gasteiger partial charge is 0.472 e. The monoisotopic (exact) mass is 1300 g/mol. The van der Waals surface area contributed by atoms with Gasteiger partial charge in [0.15, 0.2) is 12.2 Å². The zero-order chi connectivity index (χ0) is 65.2. The van der Waals surface area contributed by atoms with E-state index in [4.69, 9.17) is 37.0 Å². The van der Waals surface area contributed by atoms with Crippen LogP contribution in [-0.4, -0.2) is 96.7 Å². The summed E-state index contributed by atoms with van der Waals surface area (Å²) in [5.41, 5.74) is 0. The normalized spacial score (nSPS) is 14.2. The zero-order valence-corrected chi connectivity index (χ0v) is 59.0. The van der Waals surface area contributed by atoms with E-state index >= 15 is 0 Å². The highest BCUT2D eigenvalue weighted by Gasteiger charge is 2.30. The number of phosphoric acid groups is 2. The van der Waals surface area contributed by atoms with Gasteiger partial charge in [0.2, 0.25) is 0 Å². The Morgan fingerprint density at radius 2 is 0.523 bits per heavy atom. The molecule has 0 aromatic carbocycles. The van der Waals surface area contributed by atoms with Crippen LogP contribution in [0.3, 0.4) is 0 Å². The molecule has 0 heterocycles. The first-order valence-electron chi connectivity index (χ1n) is 35.8. The molecule has 17 nitrogen and oxygen atoms in total. The number of ether oxygens (including phenoxy) is 4. The lowest BCUT2D eigenvalue weighted by atomic mass is 10.0. The summed E-state index contributed by atoms with van der Waals surface area (Å²) >= 11 is 0. The van der Waals surface area contributed by atoms with Crippen molar-refractivity contribution >= 4 is 39.5 Å². The van der Waals surface area contributed by atoms with Crippen molar-refractivity contribution in [1.29, 1.82) is 0 Å². The van der Waals surface area contributed by atoms with Gasteiger partial charge in [-0.1, -0.05) is 292 Å². The summed E-state index contributed by atoms with van der Waals surface area (Å²) in [5.74, 6) is 0.101. The smallest absolute Gasteiger partial charge is 0.462 e. The number of unbranched alkanes of at least 4 members (excludes halogenated alkanes) is 35. The lowest BCUT2D eigenvalue weighted by molar-refractivity contribution is -0.161. The van der Waals surface area contributed by atoms with Crippen LogP contribution in [0, 0.1) is 17.8 Å². The maximum atomic E-state index is 13.0. The predicted molar refractivity (Wildman–Crippen MR) is 354 cm³/mol. The minimum absolute atomic E-state index is 0.101. The minimum Gasteiger partial charge on any atom is -0.462 e. The SMILES string of the molecule is CCCCCCCCCC(=O)OC[C@H](COP(=O)(O)OC[C@H](O)COP(=O)(O)OC[C@@H](COC(=O)CCCCCCCCCCCCC(C)C)OC(=O)CCCCCCCCCCCCCCCCCCC(C)C)OC(=O)CCCCCCCCC(C)C. The van der Waals surface area contributed by atoms with E-state index in [9.17, 15) is 43.2 Å². The molecule has 0 aliphatic rings. The van der Waals surface area contributed by atoms with Crippen LogP contribution in [0.1, 0.15) is 344 Å². The molecule has 88 heavy (non-hydrogen) atoms. The highest BCUT2D eigenvalue weighted by Crippen LogP contribution is 2.45. The molecular formula is C69H134O17P2. The molecule has 0 aromatic heterocycles. The van der Waals surface area contributed by atoms with E-state index in [0.717, 1.165) is 115 Å². The summed E-state index contributed by atoms with van der Waals surface area (Å²) in [4.78, 5) is 72.3. The van der Waals surface area contributed by atoms with Gasteiger partial charge in [-0.15, -0.1) is 0 Å². The van der Waals surface area contributed by atoms with E-state index in [1.165, 1.54) is 141 Å². The molecule has 0 saturated carbocycles. The van der Waals surface area contributed by atoms with Gasteiger partial charge >= 0.3 is 39.5 Å². The van der Waals surface area contributed by atoms with E-state index in [0.29, 0.717) is 31.6 Å². The first-order chi connectivity index (χ1) is 42.2. The second-order valence-corrected chi connectivity index (χ2v) is 29.3. The third-order valence-electron chi connectivity index (χ3n) is 15.9. The topological polar surface area (TPSA) is 237 Å². The molecule has 0 rings (SSSR count). The van der Waals surface area contributed by atoms with Crippen molar-refractivity contribution in [2.45, 2.75) is 362 Å². The molecule has 0 radical (unpaired) electrons. The fraction of sp³-hybridized carbons (Fsp3) is 0.942. The number of hydrogen-bond donors (Lipinski definition) is 3. The Kier molecular flexibility index (Phi) is 58.7. The fourth-order valence-corrected chi connectivity index (χ4v) is 11.9. The molecule has 2 unspecified atom stereocenters. The van der Waals surface area contributed by atoms with Gasteiger partial charge in [-0.3, -0.25) is 37.3 Å². The van der Waals surface area contributed by atoms with Crippen molar-refractivity contribution in [2.75, 3.05) is 39.6 Å². The zero-order valence-electron chi connectivity index (χ0n) is 57.2. The third-order valence-corrected chi connectivity index (χ3v) is 17.8. The number of aliphatic hydroxyl groups excluding tert-OH is 1. The van der Waals surface area contributed by atoms with E-state index in [1.807, 2.05) is 0 Å². The van der Waals surface area contributed by atoms with Gasteiger partial charge in [0.1, 0.15) is 19.3 Å². The fourth-order valence-electron chi connectivity index (χ4n) is 10.4. The van der Waals surface area contributed by atoms with Crippen molar-refractivity contribution in [1.82, 2.24) is 0 Å². The van der Waals surface area contributed by atoms with Gasteiger partial charge in [0, 0.05) is 25.7 Å². The first-order valence-corrected chi connectivity index (χ1v) is 38.8. The number of esters is 4. The van der Waals surface area contributed by atoms with Crippen LogP contribution in [0.2, 0.25) is 0 Å². The average Bonchev–Trinajstić information content (AvgIpc) is 3.52. The molecule has 0 aromatic rings. The van der Waals surface area contributed by atoms with Gasteiger partial charge in [0.25, 0.3) is 0 Å². The van der Waals surface area contributed by atoms with Gasteiger partial charge in [-0.05, 0) is 43.4 Å². The maximum absolute atomic E-state index is 13.0. The summed E-state index contributed by atoms with van der Waals surface area (Å²) in [6.07, 6.45) is 43.4. The van der Waals surface area contributed by atoms with Crippen LogP contribution in [-0.2, 0) is 65.4 Å². The van der Waals surface area contributed by atoms with E-state index < -0.39 is 97.5 Å². The molecule has 0 aliphatic carbocycles. The lowest BCUT2D eigenvalue weighted by Gasteiger charge is -2.21. The van der Waals surface area contributed by atoms with Gasteiger partial charge in [-0.25, -0.2) is 9.13 Å². The highest BCUT2D eigenvalue weighted by atomic mass is 31.2. The Morgan fingerprint density at radius 1 is 0.307 bits per heavy atom. The van der Waals surface area contributed by atoms with E-state index in [2.05, 4.69) is 48.5 Å². The van der Waals surface area contributed by atoms with Crippen molar-refractivity contribution in [2.24, 2.45) is 17.8 Å². The molecular weight excluding hydrogens is 1160 g/mol. The van der Waals surface area contributed by atoms with Gasteiger partial charge in [-0.2, -0.15) is 0 Å². The number of phosphoric ester groups is 2.